The third-order valence-electron chi connectivity index (χ3n) is 4.08. The number of ether oxygens (including phenoxy) is 1. The van der Waals surface area contributed by atoms with Gasteiger partial charge in [-0.25, -0.2) is 0 Å². The molecule has 3 nitrogen and oxygen atoms in total. The first-order valence-electron chi connectivity index (χ1n) is 7.62. The normalized spacial score (nSPS) is 19.4. The maximum atomic E-state index is 6.12. The lowest BCUT2D eigenvalue weighted by Gasteiger charge is -2.33. The summed E-state index contributed by atoms with van der Waals surface area (Å²) < 4.78 is 5.40. The fourth-order valence-corrected chi connectivity index (χ4v) is 2.99. The van der Waals surface area contributed by atoms with Crippen LogP contribution in [0.4, 0.5) is 0 Å². The van der Waals surface area contributed by atoms with E-state index in [2.05, 4.69) is 30.1 Å². The van der Waals surface area contributed by atoms with Crippen LogP contribution < -0.4 is 5.32 Å². The molecule has 1 aromatic carbocycles. The fraction of sp³-hybridized carbons (Fsp3) is 0.625. The summed E-state index contributed by atoms with van der Waals surface area (Å²) in [6, 6.07) is 6.70. The van der Waals surface area contributed by atoms with Crippen molar-refractivity contribution in [1.82, 2.24) is 10.2 Å². The zero-order valence-electron chi connectivity index (χ0n) is 12.7. The van der Waals surface area contributed by atoms with Crippen LogP contribution in [0.3, 0.4) is 0 Å². The minimum atomic E-state index is 0.309. The quantitative estimate of drug-likeness (QED) is 0.859. The van der Waals surface area contributed by atoms with Gasteiger partial charge in [0.25, 0.3) is 0 Å². The van der Waals surface area contributed by atoms with E-state index in [9.17, 15) is 0 Å². The molecule has 1 aromatic rings. The number of nitrogens with one attached hydrogen (secondary N) is 1. The van der Waals surface area contributed by atoms with Crippen molar-refractivity contribution in [3.8, 4) is 0 Å². The van der Waals surface area contributed by atoms with Crippen molar-refractivity contribution in [2.24, 2.45) is 0 Å². The summed E-state index contributed by atoms with van der Waals surface area (Å²) >= 11 is 12.1. The largest absolute Gasteiger partial charge is 0.379 e. The predicted octanol–water partition coefficient (Wildman–Crippen LogP) is 3.75. The minimum absolute atomic E-state index is 0.309. The minimum Gasteiger partial charge on any atom is -0.379 e. The van der Waals surface area contributed by atoms with Gasteiger partial charge >= 0.3 is 0 Å². The number of benzene rings is 1. The highest BCUT2D eigenvalue weighted by atomic mass is 35.5. The van der Waals surface area contributed by atoms with Gasteiger partial charge in [0.1, 0.15) is 0 Å². The average molecular weight is 331 g/mol. The molecule has 5 heteroatoms. The van der Waals surface area contributed by atoms with Crippen molar-refractivity contribution in [2.75, 3.05) is 32.8 Å². The van der Waals surface area contributed by atoms with Crippen molar-refractivity contribution in [3.05, 3.63) is 33.8 Å². The van der Waals surface area contributed by atoms with E-state index >= 15 is 0 Å². The van der Waals surface area contributed by atoms with E-state index in [-0.39, 0.29) is 0 Å². The maximum absolute atomic E-state index is 6.12. The van der Waals surface area contributed by atoms with E-state index in [4.69, 9.17) is 27.9 Å². The molecule has 1 aliphatic heterocycles. The Kier molecular flexibility index (Phi) is 6.77. The van der Waals surface area contributed by atoms with Crippen LogP contribution in [0.5, 0.6) is 0 Å². The summed E-state index contributed by atoms with van der Waals surface area (Å²) in [5, 5.41) is 4.87. The van der Waals surface area contributed by atoms with Gasteiger partial charge < -0.3 is 10.1 Å². The molecule has 0 radical (unpaired) electrons. The van der Waals surface area contributed by atoms with Crippen molar-refractivity contribution in [1.29, 1.82) is 0 Å². The Bertz CT molecular complexity index is 450. The molecule has 0 aromatic heterocycles. The number of hydrogen-bond acceptors (Lipinski definition) is 3. The molecule has 0 bridgehead atoms. The summed E-state index contributed by atoms with van der Waals surface area (Å²) in [6.45, 7) is 9.12. The second-order valence-electron chi connectivity index (χ2n) is 5.54. The number of hydrogen-bond donors (Lipinski definition) is 1. The lowest BCUT2D eigenvalue weighted by molar-refractivity contribution is 0.0199. The summed E-state index contributed by atoms with van der Waals surface area (Å²) in [5.74, 6) is 0. The van der Waals surface area contributed by atoms with Gasteiger partial charge in [-0.2, -0.15) is 0 Å². The molecule has 21 heavy (non-hydrogen) atoms. The SMILES string of the molecule is CCC(NCC(C)N1CCOCC1)c1ccc(Cl)c(Cl)c1. The van der Waals surface area contributed by atoms with Crippen molar-refractivity contribution >= 4 is 23.2 Å². The Hall–Kier alpha value is -0.320. The first-order valence-corrected chi connectivity index (χ1v) is 8.37. The van der Waals surface area contributed by atoms with Gasteiger partial charge in [-0.15, -0.1) is 0 Å². The Balaban J connectivity index is 1.90. The van der Waals surface area contributed by atoms with Crippen LogP contribution in [-0.2, 0) is 4.74 Å². The molecule has 2 unspecified atom stereocenters. The Morgan fingerprint density at radius 2 is 1.95 bits per heavy atom. The van der Waals surface area contributed by atoms with Crippen LogP contribution in [0.15, 0.2) is 18.2 Å². The summed E-state index contributed by atoms with van der Waals surface area (Å²) in [6.07, 6.45) is 1.02. The van der Waals surface area contributed by atoms with E-state index < -0.39 is 0 Å². The summed E-state index contributed by atoms with van der Waals surface area (Å²) in [7, 11) is 0. The van der Waals surface area contributed by atoms with Crippen LogP contribution in [0.2, 0.25) is 10.0 Å². The number of nitrogens with zero attached hydrogens (tertiary/aromatic N) is 1. The molecule has 0 spiro atoms. The van der Waals surface area contributed by atoms with Gasteiger partial charge in [-0.3, -0.25) is 4.90 Å². The van der Waals surface area contributed by atoms with Crippen molar-refractivity contribution in [3.63, 3.8) is 0 Å². The first kappa shape index (κ1) is 17.0. The molecule has 2 atom stereocenters. The van der Waals surface area contributed by atoms with Gasteiger partial charge in [0.2, 0.25) is 0 Å². The molecular formula is C16H24Cl2N2O. The highest BCUT2D eigenvalue weighted by Gasteiger charge is 2.18. The van der Waals surface area contributed by atoms with Gasteiger partial charge in [0.15, 0.2) is 0 Å². The molecule has 0 saturated carbocycles. The lowest BCUT2D eigenvalue weighted by Crippen LogP contribution is -2.46. The molecular weight excluding hydrogens is 307 g/mol. The zero-order chi connectivity index (χ0) is 15.2. The molecule has 1 heterocycles. The van der Waals surface area contributed by atoms with E-state index in [1.807, 2.05) is 12.1 Å². The zero-order valence-corrected chi connectivity index (χ0v) is 14.3. The second-order valence-corrected chi connectivity index (χ2v) is 6.35. The van der Waals surface area contributed by atoms with Gasteiger partial charge in [0.05, 0.1) is 23.3 Å². The van der Waals surface area contributed by atoms with Crippen LogP contribution in [0.1, 0.15) is 31.9 Å². The number of rotatable bonds is 6. The predicted molar refractivity (Wildman–Crippen MR) is 89.4 cm³/mol. The fourth-order valence-electron chi connectivity index (χ4n) is 2.69. The van der Waals surface area contributed by atoms with E-state index in [1.54, 1.807) is 0 Å². The lowest BCUT2D eigenvalue weighted by atomic mass is 10.0. The van der Waals surface area contributed by atoms with E-state index in [0.29, 0.717) is 22.1 Å². The van der Waals surface area contributed by atoms with Crippen LogP contribution in [0, 0.1) is 0 Å². The van der Waals surface area contributed by atoms with E-state index in [0.717, 1.165) is 39.3 Å². The monoisotopic (exact) mass is 330 g/mol. The average Bonchev–Trinajstić information content (AvgIpc) is 2.52. The van der Waals surface area contributed by atoms with Crippen LogP contribution >= 0.6 is 23.2 Å². The molecule has 0 aliphatic carbocycles. The topological polar surface area (TPSA) is 24.5 Å². The van der Waals surface area contributed by atoms with Crippen LogP contribution in [-0.4, -0.2) is 43.8 Å². The highest BCUT2D eigenvalue weighted by Crippen LogP contribution is 2.26. The van der Waals surface area contributed by atoms with Crippen molar-refractivity contribution < 1.29 is 4.74 Å². The molecule has 2 rings (SSSR count). The summed E-state index contributed by atoms with van der Waals surface area (Å²) in [4.78, 5) is 2.47. The van der Waals surface area contributed by atoms with Gasteiger partial charge in [-0.1, -0.05) is 36.2 Å². The Labute approximate surface area is 137 Å². The molecule has 1 saturated heterocycles. The Morgan fingerprint density at radius 1 is 1.24 bits per heavy atom. The third-order valence-corrected chi connectivity index (χ3v) is 4.82. The van der Waals surface area contributed by atoms with Gasteiger partial charge in [-0.05, 0) is 31.0 Å². The van der Waals surface area contributed by atoms with E-state index in [1.165, 1.54) is 5.56 Å². The molecule has 118 valence electrons. The Morgan fingerprint density at radius 3 is 2.57 bits per heavy atom. The molecule has 1 fully saturated rings. The second kappa shape index (κ2) is 8.35. The molecule has 0 amide bonds. The molecule has 1 N–H and O–H groups in total. The standard InChI is InChI=1S/C16H24Cl2N2O/c1-3-16(13-4-5-14(17)15(18)10-13)19-11-12(2)20-6-8-21-9-7-20/h4-5,10,12,16,19H,3,6-9,11H2,1-2H3. The smallest absolute Gasteiger partial charge is 0.0595 e. The highest BCUT2D eigenvalue weighted by molar-refractivity contribution is 6.42. The van der Waals surface area contributed by atoms with Crippen LogP contribution in [0.25, 0.3) is 0 Å². The third kappa shape index (κ3) is 4.83. The number of halogens is 2. The number of morpholine rings is 1. The van der Waals surface area contributed by atoms with Gasteiger partial charge in [0, 0.05) is 31.7 Å². The summed E-state index contributed by atoms with van der Waals surface area (Å²) in [5.41, 5.74) is 1.20. The maximum Gasteiger partial charge on any atom is 0.0595 e. The van der Waals surface area contributed by atoms with Crippen molar-refractivity contribution in [2.45, 2.75) is 32.4 Å². The molecule has 1 aliphatic rings. The first-order chi connectivity index (χ1) is 10.1.